The molecule has 1 aromatic rings. The molecule has 3 nitrogen and oxygen atoms in total. The molecule has 1 aliphatic carbocycles. The Morgan fingerprint density at radius 1 is 1.38 bits per heavy atom. The van der Waals surface area contributed by atoms with E-state index in [1.165, 1.54) is 32.0 Å². The van der Waals surface area contributed by atoms with Gasteiger partial charge in [0, 0.05) is 24.3 Å². The lowest BCUT2D eigenvalue weighted by atomic mass is 10.1. The molecule has 1 saturated carbocycles. The van der Waals surface area contributed by atoms with Crippen LogP contribution in [-0.2, 0) is 6.18 Å². The lowest BCUT2D eigenvalue weighted by Gasteiger charge is -2.16. The molecule has 1 aromatic carbocycles. The fraction of sp³-hybridized carbons (Fsp3) is 0.533. The molecule has 2 N–H and O–H groups in total. The average Bonchev–Trinajstić information content (AvgIpc) is 3.20. The van der Waals surface area contributed by atoms with Crippen LogP contribution < -0.4 is 10.6 Å². The van der Waals surface area contributed by atoms with E-state index < -0.39 is 17.6 Å². The van der Waals surface area contributed by atoms with E-state index in [1.54, 1.807) is 0 Å². The summed E-state index contributed by atoms with van der Waals surface area (Å²) in [6.07, 6.45) is -1.26. The predicted molar refractivity (Wildman–Crippen MR) is 75.3 cm³/mol. The second kappa shape index (κ2) is 5.95. The van der Waals surface area contributed by atoms with Crippen molar-refractivity contribution >= 4 is 11.6 Å². The SMILES string of the molecule is CNc1ccc(C(=O)NC(C)CC2CC2)cc1C(F)(F)F. The third kappa shape index (κ3) is 4.12. The number of hydrogen-bond donors (Lipinski definition) is 2. The van der Waals surface area contributed by atoms with Crippen LogP contribution in [0.1, 0.15) is 42.1 Å². The average molecular weight is 300 g/mol. The first kappa shape index (κ1) is 15.7. The van der Waals surface area contributed by atoms with Crippen LogP contribution in [0.3, 0.4) is 0 Å². The fourth-order valence-electron chi connectivity index (χ4n) is 2.36. The van der Waals surface area contributed by atoms with E-state index in [1.807, 2.05) is 6.92 Å². The zero-order valence-corrected chi connectivity index (χ0v) is 12.1. The summed E-state index contributed by atoms with van der Waals surface area (Å²) in [5.74, 6) is 0.189. The van der Waals surface area contributed by atoms with Crippen molar-refractivity contribution in [2.75, 3.05) is 12.4 Å². The van der Waals surface area contributed by atoms with Crippen LogP contribution in [0.15, 0.2) is 18.2 Å². The molecule has 1 fully saturated rings. The standard InChI is InChI=1S/C15H19F3N2O/c1-9(7-10-3-4-10)20-14(21)11-5-6-13(19-2)12(8-11)15(16,17)18/h5-6,8-10,19H,3-4,7H2,1-2H3,(H,20,21). The molecule has 0 spiro atoms. The molecule has 0 bridgehead atoms. The summed E-state index contributed by atoms with van der Waals surface area (Å²) >= 11 is 0. The van der Waals surface area contributed by atoms with Gasteiger partial charge in [-0.25, -0.2) is 0 Å². The zero-order valence-electron chi connectivity index (χ0n) is 12.1. The van der Waals surface area contributed by atoms with Gasteiger partial charge in [0.05, 0.1) is 5.56 Å². The first-order valence-electron chi connectivity index (χ1n) is 7.01. The molecule has 21 heavy (non-hydrogen) atoms. The molecular formula is C15H19F3N2O. The summed E-state index contributed by atoms with van der Waals surface area (Å²) in [4.78, 5) is 12.0. The highest BCUT2D eigenvalue weighted by atomic mass is 19.4. The number of halogens is 3. The highest BCUT2D eigenvalue weighted by Gasteiger charge is 2.34. The van der Waals surface area contributed by atoms with Gasteiger partial charge in [-0.1, -0.05) is 12.8 Å². The number of benzene rings is 1. The minimum atomic E-state index is -4.49. The molecule has 1 atom stereocenters. The molecule has 1 unspecified atom stereocenters. The maximum Gasteiger partial charge on any atom is 0.418 e. The normalized spacial score (nSPS) is 16.4. The Morgan fingerprint density at radius 3 is 2.57 bits per heavy atom. The molecule has 1 amide bonds. The minimum Gasteiger partial charge on any atom is -0.388 e. The Hall–Kier alpha value is -1.72. The van der Waals surface area contributed by atoms with Crippen LogP contribution >= 0.6 is 0 Å². The lowest BCUT2D eigenvalue weighted by Crippen LogP contribution is -2.33. The van der Waals surface area contributed by atoms with Gasteiger partial charge >= 0.3 is 6.18 Å². The summed E-state index contributed by atoms with van der Waals surface area (Å²) in [6, 6.07) is 3.55. The van der Waals surface area contributed by atoms with Gasteiger partial charge in [-0.15, -0.1) is 0 Å². The van der Waals surface area contributed by atoms with Crippen molar-refractivity contribution in [1.29, 1.82) is 0 Å². The third-order valence-electron chi connectivity index (χ3n) is 3.62. The van der Waals surface area contributed by atoms with Gasteiger partial charge in [0.25, 0.3) is 5.91 Å². The van der Waals surface area contributed by atoms with Gasteiger partial charge in [0.1, 0.15) is 0 Å². The van der Waals surface area contributed by atoms with Gasteiger partial charge < -0.3 is 10.6 Å². The topological polar surface area (TPSA) is 41.1 Å². The predicted octanol–water partition coefficient (Wildman–Crippen LogP) is 3.67. The van der Waals surface area contributed by atoms with Crippen molar-refractivity contribution in [1.82, 2.24) is 5.32 Å². The van der Waals surface area contributed by atoms with Crippen molar-refractivity contribution in [2.45, 2.75) is 38.4 Å². The van der Waals surface area contributed by atoms with Gasteiger partial charge in [-0.05, 0) is 37.5 Å². The Bertz CT molecular complexity index is 524. The molecule has 116 valence electrons. The number of amides is 1. The summed E-state index contributed by atoms with van der Waals surface area (Å²) in [6.45, 7) is 1.88. The van der Waals surface area contributed by atoms with Crippen LogP contribution in [0.25, 0.3) is 0 Å². The van der Waals surface area contributed by atoms with Crippen molar-refractivity contribution in [3.05, 3.63) is 29.3 Å². The number of alkyl halides is 3. The number of carbonyl (C=O) groups is 1. The maximum atomic E-state index is 12.9. The van der Waals surface area contributed by atoms with Crippen LogP contribution in [0.4, 0.5) is 18.9 Å². The highest BCUT2D eigenvalue weighted by Crippen LogP contribution is 2.35. The monoisotopic (exact) mass is 300 g/mol. The molecule has 0 heterocycles. The first-order chi connectivity index (χ1) is 9.81. The summed E-state index contributed by atoms with van der Waals surface area (Å²) in [7, 11) is 1.42. The van der Waals surface area contributed by atoms with Crippen LogP contribution in [-0.4, -0.2) is 19.0 Å². The Morgan fingerprint density at radius 2 is 2.05 bits per heavy atom. The molecule has 6 heteroatoms. The van der Waals surface area contributed by atoms with Crippen molar-refractivity contribution in [3.63, 3.8) is 0 Å². The second-order valence-corrected chi connectivity index (χ2v) is 5.56. The number of rotatable bonds is 5. The molecule has 0 aliphatic heterocycles. The smallest absolute Gasteiger partial charge is 0.388 e. The first-order valence-corrected chi connectivity index (χ1v) is 7.01. The molecule has 0 radical (unpaired) electrons. The van der Waals surface area contributed by atoms with E-state index in [2.05, 4.69) is 10.6 Å². The van der Waals surface area contributed by atoms with E-state index in [0.29, 0.717) is 5.92 Å². The highest BCUT2D eigenvalue weighted by molar-refractivity contribution is 5.95. The van der Waals surface area contributed by atoms with Crippen molar-refractivity contribution in [2.24, 2.45) is 5.92 Å². The zero-order chi connectivity index (χ0) is 15.6. The van der Waals surface area contributed by atoms with Gasteiger partial charge in [0.2, 0.25) is 0 Å². The number of hydrogen-bond acceptors (Lipinski definition) is 2. The second-order valence-electron chi connectivity index (χ2n) is 5.56. The van der Waals surface area contributed by atoms with E-state index in [9.17, 15) is 18.0 Å². The van der Waals surface area contributed by atoms with Crippen LogP contribution in [0.2, 0.25) is 0 Å². The van der Waals surface area contributed by atoms with Gasteiger partial charge in [-0.2, -0.15) is 13.2 Å². The third-order valence-corrected chi connectivity index (χ3v) is 3.62. The number of nitrogens with one attached hydrogen (secondary N) is 2. The van der Waals surface area contributed by atoms with E-state index in [-0.39, 0.29) is 17.3 Å². The molecule has 0 aromatic heterocycles. The summed E-state index contributed by atoms with van der Waals surface area (Å²) < 4.78 is 38.8. The quantitative estimate of drug-likeness (QED) is 0.871. The van der Waals surface area contributed by atoms with Crippen molar-refractivity contribution < 1.29 is 18.0 Å². The van der Waals surface area contributed by atoms with E-state index >= 15 is 0 Å². The number of anilines is 1. The van der Waals surface area contributed by atoms with Crippen molar-refractivity contribution in [3.8, 4) is 0 Å². The largest absolute Gasteiger partial charge is 0.418 e. The minimum absolute atomic E-state index is 0.0247. The van der Waals surface area contributed by atoms with Crippen LogP contribution in [0, 0.1) is 5.92 Å². The number of carbonyl (C=O) groups excluding carboxylic acids is 1. The van der Waals surface area contributed by atoms with E-state index in [0.717, 1.165) is 12.5 Å². The molecular weight excluding hydrogens is 281 g/mol. The molecule has 1 aliphatic rings. The Kier molecular flexibility index (Phi) is 4.44. The molecule has 2 rings (SSSR count). The van der Waals surface area contributed by atoms with Crippen LogP contribution in [0.5, 0.6) is 0 Å². The Balaban J connectivity index is 2.13. The Labute approximate surface area is 121 Å². The van der Waals surface area contributed by atoms with E-state index in [4.69, 9.17) is 0 Å². The lowest BCUT2D eigenvalue weighted by molar-refractivity contribution is -0.136. The summed E-state index contributed by atoms with van der Waals surface area (Å²) in [5.41, 5.74) is -0.832. The summed E-state index contributed by atoms with van der Waals surface area (Å²) in [5, 5.41) is 5.25. The fourth-order valence-corrected chi connectivity index (χ4v) is 2.36. The van der Waals surface area contributed by atoms with Gasteiger partial charge in [0.15, 0.2) is 0 Å². The van der Waals surface area contributed by atoms with Gasteiger partial charge in [-0.3, -0.25) is 4.79 Å². The molecule has 0 saturated heterocycles. The maximum absolute atomic E-state index is 12.9.